The zero-order chi connectivity index (χ0) is 10.7. The third-order valence-corrected chi connectivity index (χ3v) is 3.50. The zero-order valence-electron chi connectivity index (χ0n) is 8.19. The highest BCUT2D eigenvalue weighted by molar-refractivity contribution is 7.83. The van der Waals surface area contributed by atoms with Crippen molar-refractivity contribution in [3.63, 3.8) is 0 Å². The number of carbonyl (C=O) groups is 1. The van der Waals surface area contributed by atoms with Crippen LogP contribution >= 0.6 is 24.0 Å². The minimum atomic E-state index is 0.0601. The summed E-state index contributed by atoms with van der Waals surface area (Å²) in [4.78, 5) is 15.8. The highest BCUT2D eigenvalue weighted by atomic mass is 32.2. The van der Waals surface area contributed by atoms with E-state index in [1.807, 2.05) is 0 Å². The Morgan fingerprint density at radius 3 is 3.20 bits per heavy atom. The smallest absolute Gasteiger partial charge is 0.230 e. The molecule has 1 atom stereocenters. The van der Waals surface area contributed by atoms with Crippen LogP contribution in [0.4, 0.5) is 5.13 Å². The topological polar surface area (TPSA) is 54.0 Å². The van der Waals surface area contributed by atoms with Crippen LogP contribution < -0.4 is 10.6 Å². The lowest BCUT2D eigenvalue weighted by atomic mass is 9.99. The van der Waals surface area contributed by atoms with Gasteiger partial charge in [-0.25, -0.2) is 4.98 Å². The Balaban J connectivity index is 1.91. The van der Waals surface area contributed by atoms with Crippen molar-refractivity contribution < 1.29 is 4.79 Å². The second kappa shape index (κ2) is 4.96. The molecule has 0 bridgehead atoms. The van der Waals surface area contributed by atoms with Gasteiger partial charge >= 0.3 is 0 Å². The number of amides is 1. The van der Waals surface area contributed by atoms with Gasteiger partial charge in [-0.05, 0) is 19.4 Å². The van der Waals surface area contributed by atoms with Crippen molar-refractivity contribution in [2.75, 3.05) is 18.4 Å². The van der Waals surface area contributed by atoms with Crippen LogP contribution in [-0.4, -0.2) is 24.0 Å². The van der Waals surface area contributed by atoms with Crippen molar-refractivity contribution in [3.8, 4) is 0 Å². The summed E-state index contributed by atoms with van der Waals surface area (Å²) in [5, 5.41) is 6.66. The predicted octanol–water partition coefficient (Wildman–Crippen LogP) is 1.37. The number of aromatic nitrogens is 1. The molecular formula is C9H13N3OS2. The number of rotatable bonds is 2. The van der Waals surface area contributed by atoms with Crippen molar-refractivity contribution in [3.05, 3.63) is 6.20 Å². The Kier molecular flexibility index (Phi) is 3.61. The Morgan fingerprint density at radius 2 is 2.60 bits per heavy atom. The SMILES string of the molecule is O=C(Nc1ncc(S)s1)C1CCCNC1. The first-order chi connectivity index (χ1) is 7.25. The molecule has 1 aliphatic rings. The van der Waals surface area contributed by atoms with E-state index >= 15 is 0 Å². The molecule has 4 nitrogen and oxygen atoms in total. The fourth-order valence-corrected chi connectivity index (χ4v) is 2.48. The van der Waals surface area contributed by atoms with Crippen molar-refractivity contribution >= 4 is 35.0 Å². The summed E-state index contributed by atoms with van der Waals surface area (Å²) >= 11 is 5.53. The number of piperidine rings is 1. The summed E-state index contributed by atoms with van der Waals surface area (Å²) in [6, 6.07) is 0. The largest absolute Gasteiger partial charge is 0.316 e. The van der Waals surface area contributed by atoms with E-state index in [1.54, 1.807) is 6.20 Å². The summed E-state index contributed by atoms with van der Waals surface area (Å²) in [7, 11) is 0. The van der Waals surface area contributed by atoms with E-state index in [9.17, 15) is 4.79 Å². The van der Waals surface area contributed by atoms with E-state index in [4.69, 9.17) is 0 Å². The molecule has 0 radical (unpaired) electrons. The molecule has 0 saturated carbocycles. The molecule has 15 heavy (non-hydrogen) atoms. The summed E-state index contributed by atoms with van der Waals surface area (Å²) < 4.78 is 0.812. The fourth-order valence-electron chi connectivity index (χ4n) is 1.61. The third-order valence-electron chi connectivity index (χ3n) is 2.39. The first-order valence-corrected chi connectivity index (χ1v) is 6.18. The van der Waals surface area contributed by atoms with Crippen LogP contribution in [0.5, 0.6) is 0 Å². The fraction of sp³-hybridized carbons (Fsp3) is 0.556. The molecule has 1 aromatic heterocycles. The molecule has 82 valence electrons. The molecule has 1 aromatic rings. The molecule has 0 aliphatic carbocycles. The quantitative estimate of drug-likeness (QED) is 0.688. The molecule has 1 aliphatic heterocycles. The maximum Gasteiger partial charge on any atom is 0.230 e. The van der Waals surface area contributed by atoms with Gasteiger partial charge in [-0.15, -0.1) is 12.6 Å². The zero-order valence-corrected chi connectivity index (χ0v) is 9.90. The van der Waals surface area contributed by atoms with Crippen LogP contribution in [0, 0.1) is 5.92 Å². The van der Waals surface area contributed by atoms with E-state index < -0.39 is 0 Å². The van der Waals surface area contributed by atoms with Crippen molar-refractivity contribution in [1.29, 1.82) is 0 Å². The molecule has 1 fully saturated rings. The number of hydrogen-bond acceptors (Lipinski definition) is 5. The van der Waals surface area contributed by atoms with Gasteiger partial charge in [-0.3, -0.25) is 4.79 Å². The van der Waals surface area contributed by atoms with E-state index in [0.29, 0.717) is 5.13 Å². The van der Waals surface area contributed by atoms with E-state index in [2.05, 4.69) is 28.2 Å². The Morgan fingerprint density at radius 1 is 1.73 bits per heavy atom. The molecule has 0 aromatic carbocycles. The summed E-state index contributed by atoms with van der Waals surface area (Å²) in [6.07, 6.45) is 3.66. The average molecular weight is 243 g/mol. The van der Waals surface area contributed by atoms with Gasteiger partial charge in [-0.2, -0.15) is 0 Å². The lowest BCUT2D eigenvalue weighted by Gasteiger charge is -2.21. The number of nitrogens with one attached hydrogen (secondary N) is 2. The maximum absolute atomic E-state index is 11.8. The molecule has 2 heterocycles. The number of carbonyl (C=O) groups excluding carboxylic acids is 1. The summed E-state index contributed by atoms with van der Waals surface area (Å²) in [5.41, 5.74) is 0. The number of thiazole rings is 1. The summed E-state index contributed by atoms with van der Waals surface area (Å²) in [6.45, 7) is 1.78. The van der Waals surface area contributed by atoms with Gasteiger partial charge in [0.2, 0.25) is 5.91 Å². The second-order valence-electron chi connectivity index (χ2n) is 3.54. The maximum atomic E-state index is 11.8. The van der Waals surface area contributed by atoms with Crippen molar-refractivity contribution in [2.24, 2.45) is 5.92 Å². The molecule has 1 saturated heterocycles. The Hall–Kier alpha value is -0.590. The number of hydrogen-bond donors (Lipinski definition) is 3. The van der Waals surface area contributed by atoms with Gasteiger partial charge in [0.05, 0.1) is 16.3 Å². The van der Waals surface area contributed by atoms with E-state index in [0.717, 1.165) is 30.1 Å². The lowest BCUT2D eigenvalue weighted by molar-refractivity contribution is -0.120. The lowest BCUT2D eigenvalue weighted by Crippen LogP contribution is -2.37. The highest BCUT2D eigenvalue weighted by Gasteiger charge is 2.21. The molecule has 6 heteroatoms. The van der Waals surface area contributed by atoms with E-state index in [1.165, 1.54) is 11.3 Å². The first kappa shape index (κ1) is 10.9. The van der Waals surface area contributed by atoms with Gasteiger partial charge in [-0.1, -0.05) is 11.3 Å². The minimum absolute atomic E-state index is 0.0601. The minimum Gasteiger partial charge on any atom is -0.316 e. The number of nitrogens with zero attached hydrogens (tertiary/aromatic N) is 1. The van der Waals surface area contributed by atoms with Crippen molar-refractivity contribution in [2.45, 2.75) is 17.1 Å². The van der Waals surface area contributed by atoms with Crippen molar-refractivity contribution in [1.82, 2.24) is 10.3 Å². The van der Waals surface area contributed by atoms with Crippen LogP contribution in [0.2, 0.25) is 0 Å². The molecule has 2 rings (SSSR count). The average Bonchev–Trinajstić information content (AvgIpc) is 2.65. The van der Waals surface area contributed by atoms with E-state index in [-0.39, 0.29) is 11.8 Å². The van der Waals surface area contributed by atoms with Crippen LogP contribution in [0.1, 0.15) is 12.8 Å². The van der Waals surface area contributed by atoms with Crippen LogP contribution in [-0.2, 0) is 4.79 Å². The predicted molar refractivity (Wildman–Crippen MR) is 63.6 cm³/mol. The van der Waals surface area contributed by atoms with Gasteiger partial charge < -0.3 is 10.6 Å². The van der Waals surface area contributed by atoms with Gasteiger partial charge in [0.1, 0.15) is 0 Å². The Bertz CT molecular complexity index is 347. The highest BCUT2D eigenvalue weighted by Crippen LogP contribution is 2.22. The molecule has 2 N–H and O–H groups in total. The molecule has 0 spiro atoms. The van der Waals surface area contributed by atoms with Gasteiger partial charge in [0.25, 0.3) is 0 Å². The van der Waals surface area contributed by atoms with Gasteiger partial charge in [0, 0.05) is 6.54 Å². The first-order valence-electron chi connectivity index (χ1n) is 4.92. The second-order valence-corrected chi connectivity index (χ2v) is 5.35. The normalized spacial score (nSPS) is 21.3. The number of thiol groups is 1. The third kappa shape index (κ3) is 2.93. The molecule has 1 unspecified atom stereocenters. The van der Waals surface area contributed by atoms with Crippen LogP contribution in [0.3, 0.4) is 0 Å². The molecular weight excluding hydrogens is 230 g/mol. The van der Waals surface area contributed by atoms with Crippen LogP contribution in [0.15, 0.2) is 10.4 Å². The summed E-state index contributed by atoms with van der Waals surface area (Å²) in [5.74, 6) is 0.135. The van der Waals surface area contributed by atoms with Gasteiger partial charge in [0.15, 0.2) is 5.13 Å². The monoisotopic (exact) mass is 243 g/mol. The standard InChI is InChI=1S/C9H13N3OS2/c13-8(6-2-1-3-10-4-6)12-9-11-5-7(14)15-9/h5-6,10,14H,1-4H2,(H,11,12,13). The molecule has 1 amide bonds. The number of anilines is 1. The van der Waals surface area contributed by atoms with Crippen LogP contribution in [0.25, 0.3) is 0 Å². The Labute approximate surface area is 97.9 Å².